The Morgan fingerprint density at radius 1 is 1.22 bits per heavy atom. The molecule has 0 saturated carbocycles. The van der Waals surface area contributed by atoms with Gasteiger partial charge in [-0.05, 0) is 56.1 Å². The Hall–Kier alpha value is -1.55. The third-order valence-corrected chi connectivity index (χ3v) is 4.02. The summed E-state index contributed by atoms with van der Waals surface area (Å²) in [5, 5.41) is 0. The lowest BCUT2D eigenvalue weighted by molar-refractivity contribution is -0.00776. The Bertz CT molecular complexity index is 436. The number of amides is 1. The lowest BCUT2D eigenvalue weighted by atomic mass is 9.86. The second-order valence-electron chi connectivity index (χ2n) is 5.18. The largest absolute Gasteiger partial charge is 0.489 e. The third-order valence-electron chi connectivity index (χ3n) is 4.02. The molecule has 4 rings (SSSR count). The first-order chi connectivity index (χ1) is 8.72. The summed E-state index contributed by atoms with van der Waals surface area (Å²) in [6, 6.07) is 7.10. The fourth-order valence-electron chi connectivity index (χ4n) is 2.92. The number of primary amides is 1. The predicted octanol–water partition coefficient (Wildman–Crippen LogP) is 1.26. The average molecular weight is 246 g/mol. The molecular weight excluding hydrogens is 228 g/mol. The predicted molar refractivity (Wildman–Crippen MR) is 68.5 cm³/mol. The zero-order valence-corrected chi connectivity index (χ0v) is 10.3. The summed E-state index contributed by atoms with van der Waals surface area (Å²) >= 11 is 0. The molecule has 0 aromatic heterocycles. The van der Waals surface area contributed by atoms with Gasteiger partial charge in [0.2, 0.25) is 5.91 Å². The molecule has 96 valence electrons. The standard InChI is InChI=1S/C14H18N2O2/c15-14(17)11-1-3-12(4-2-11)18-13-9-16-7-5-10(13)6-8-16/h1-4,10,13H,5-9H2,(H2,15,17). The minimum Gasteiger partial charge on any atom is -0.489 e. The summed E-state index contributed by atoms with van der Waals surface area (Å²) in [7, 11) is 0. The number of hydrogen-bond donors (Lipinski definition) is 1. The molecule has 0 radical (unpaired) electrons. The molecule has 3 fully saturated rings. The van der Waals surface area contributed by atoms with Crippen LogP contribution in [0, 0.1) is 5.92 Å². The van der Waals surface area contributed by atoms with Gasteiger partial charge in [0.25, 0.3) is 0 Å². The van der Waals surface area contributed by atoms with E-state index in [-0.39, 0.29) is 0 Å². The highest BCUT2D eigenvalue weighted by Gasteiger charge is 2.35. The van der Waals surface area contributed by atoms with Crippen LogP contribution in [0.25, 0.3) is 0 Å². The van der Waals surface area contributed by atoms with Gasteiger partial charge in [-0.15, -0.1) is 0 Å². The lowest BCUT2D eigenvalue weighted by Crippen LogP contribution is -2.52. The minimum atomic E-state index is -0.399. The van der Waals surface area contributed by atoms with Gasteiger partial charge in [-0.3, -0.25) is 9.69 Å². The van der Waals surface area contributed by atoms with E-state index in [1.165, 1.54) is 25.9 Å². The number of hydrogen-bond acceptors (Lipinski definition) is 3. The van der Waals surface area contributed by atoms with Gasteiger partial charge >= 0.3 is 0 Å². The molecule has 3 aliphatic heterocycles. The van der Waals surface area contributed by atoms with E-state index in [2.05, 4.69) is 4.90 Å². The molecule has 4 heteroatoms. The van der Waals surface area contributed by atoms with Crippen LogP contribution in [0.5, 0.6) is 5.75 Å². The van der Waals surface area contributed by atoms with Gasteiger partial charge in [-0.25, -0.2) is 0 Å². The molecule has 18 heavy (non-hydrogen) atoms. The van der Waals surface area contributed by atoms with Crippen molar-refractivity contribution in [1.82, 2.24) is 4.90 Å². The highest BCUT2D eigenvalue weighted by molar-refractivity contribution is 5.92. The number of benzene rings is 1. The third kappa shape index (κ3) is 2.20. The second kappa shape index (κ2) is 4.61. The van der Waals surface area contributed by atoms with Crippen molar-refractivity contribution in [2.24, 2.45) is 11.7 Å². The monoisotopic (exact) mass is 246 g/mol. The Morgan fingerprint density at radius 2 is 1.89 bits per heavy atom. The van der Waals surface area contributed by atoms with Gasteiger partial charge in [0.05, 0.1) is 0 Å². The van der Waals surface area contributed by atoms with E-state index in [1.54, 1.807) is 12.1 Å². The van der Waals surface area contributed by atoms with E-state index in [0.717, 1.165) is 12.3 Å². The highest BCUT2D eigenvalue weighted by Crippen LogP contribution is 2.30. The van der Waals surface area contributed by atoms with Crippen molar-refractivity contribution in [3.05, 3.63) is 29.8 Å². The lowest BCUT2D eigenvalue weighted by Gasteiger charge is -2.44. The molecule has 1 aromatic carbocycles. The number of ether oxygens (including phenoxy) is 1. The Labute approximate surface area is 107 Å². The van der Waals surface area contributed by atoms with Crippen molar-refractivity contribution < 1.29 is 9.53 Å². The molecular formula is C14H18N2O2. The van der Waals surface area contributed by atoms with Crippen LogP contribution in [0.2, 0.25) is 0 Å². The van der Waals surface area contributed by atoms with E-state index >= 15 is 0 Å². The fourth-order valence-corrected chi connectivity index (χ4v) is 2.92. The molecule has 4 nitrogen and oxygen atoms in total. The van der Waals surface area contributed by atoms with Crippen LogP contribution >= 0.6 is 0 Å². The van der Waals surface area contributed by atoms with Gasteiger partial charge in [-0.1, -0.05) is 0 Å². The zero-order chi connectivity index (χ0) is 12.5. The molecule has 3 saturated heterocycles. The van der Waals surface area contributed by atoms with Gasteiger partial charge in [-0.2, -0.15) is 0 Å². The molecule has 1 atom stereocenters. The van der Waals surface area contributed by atoms with Crippen molar-refractivity contribution in [2.45, 2.75) is 18.9 Å². The van der Waals surface area contributed by atoms with E-state index in [1.807, 2.05) is 12.1 Å². The molecule has 1 aromatic rings. The SMILES string of the molecule is NC(=O)c1ccc(OC2CN3CCC2CC3)cc1. The molecule has 0 aliphatic carbocycles. The van der Waals surface area contributed by atoms with Crippen LogP contribution in [-0.2, 0) is 0 Å². The first-order valence-corrected chi connectivity index (χ1v) is 6.51. The quantitative estimate of drug-likeness (QED) is 0.873. The Balaban J connectivity index is 1.67. The van der Waals surface area contributed by atoms with Crippen LogP contribution in [0.4, 0.5) is 0 Å². The van der Waals surface area contributed by atoms with E-state index in [0.29, 0.717) is 17.6 Å². The van der Waals surface area contributed by atoms with Crippen LogP contribution in [0.15, 0.2) is 24.3 Å². The van der Waals surface area contributed by atoms with Crippen LogP contribution < -0.4 is 10.5 Å². The highest BCUT2D eigenvalue weighted by atomic mass is 16.5. The maximum absolute atomic E-state index is 11.0. The van der Waals surface area contributed by atoms with Gasteiger partial charge in [0, 0.05) is 12.1 Å². The topological polar surface area (TPSA) is 55.6 Å². The molecule has 2 N–H and O–H groups in total. The second-order valence-corrected chi connectivity index (χ2v) is 5.18. The van der Waals surface area contributed by atoms with Crippen molar-refractivity contribution in [3.8, 4) is 5.75 Å². The summed E-state index contributed by atoms with van der Waals surface area (Å²) in [4.78, 5) is 13.4. The summed E-state index contributed by atoms with van der Waals surface area (Å²) in [6.45, 7) is 3.46. The first kappa shape index (κ1) is 11.5. The number of nitrogens with zero attached hydrogens (tertiary/aromatic N) is 1. The van der Waals surface area contributed by atoms with Gasteiger partial charge < -0.3 is 10.5 Å². The zero-order valence-electron chi connectivity index (χ0n) is 10.3. The minimum absolute atomic E-state index is 0.298. The Morgan fingerprint density at radius 3 is 2.39 bits per heavy atom. The first-order valence-electron chi connectivity index (χ1n) is 6.51. The van der Waals surface area contributed by atoms with Crippen LogP contribution in [0.3, 0.4) is 0 Å². The maximum Gasteiger partial charge on any atom is 0.248 e. The van der Waals surface area contributed by atoms with Gasteiger partial charge in [0.15, 0.2) is 0 Å². The average Bonchev–Trinajstić information content (AvgIpc) is 2.41. The van der Waals surface area contributed by atoms with Crippen molar-refractivity contribution in [2.75, 3.05) is 19.6 Å². The molecule has 3 heterocycles. The summed E-state index contributed by atoms with van der Waals surface area (Å²) < 4.78 is 6.03. The summed E-state index contributed by atoms with van der Waals surface area (Å²) in [5.74, 6) is 1.12. The molecule has 1 amide bonds. The van der Waals surface area contributed by atoms with E-state index < -0.39 is 5.91 Å². The maximum atomic E-state index is 11.0. The van der Waals surface area contributed by atoms with Crippen LogP contribution in [-0.4, -0.2) is 36.5 Å². The van der Waals surface area contributed by atoms with Crippen molar-refractivity contribution in [3.63, 3.8) is 0 Å². The summed E-state index contributed by atoms with van der Waals surface area (Å²) in [5.41, 5.74) is 5.74. The number of carbonyl (C=O) groups is 1. The van der Waals surface area contributed by atoms with E-state index in [4.69, 9.17) is 10.5 Å². The number of carbonyl (C=O) groups excluding carboxylic acids is 1. The molecule has 1 unspecified atom stereocenters. The van der Waals surface area contributed by atoms with Gasteiger partial charge in [0.1, 0.15) is 11.9 Å². The fraction of sp³-hybridized carbons (Fsp3) is 0.500. The normalized spacial score (nSPS) is 30.1. The number of rotatable bonds is 3. The smallest absolute Gasteiger partial charge is 0.248 e. The molecule has 0 spiro atoms. The number of piperidine rings is 3. The van der Waals surface area contributed by atoms with E-state index in [9.17, 15) is 4.79 Å². The van der Waals surface area contributed by atoms with Crippen LogP contribution in [0.1, 0.15) is 23.2 Å². The Kier molecular flexibility index (Phi) is 2.96. The summed E-state index contributed by atoms with van der Waals surface area (Å²) in [6.07, 6.45) is 2.78. The van der Waals surface area contributed by atoms with Crippen molar-refractivity contribution >= 4 is 5.91 Å². The number of nitrogens with two attached hydrogens (primary N) is 1. The molecule has 2 bridgehead atoms. The number of fused-ring (bicyclic) bond motifs is 3. The molecule has 3 aliphatic rings. The van der Waals surface area contributed by atoms with Crippen molar-refractivity contribution in [1.29, 1.82) is 0 Å².